The van der Waals surface area contributed by atoms with Crippen molar-refractivity contribution in [2.45, 2.75) is 19.5 Å². The molecule has 0 radical (unpaired) electrons. The minimum absolute atomic E-state index is 0.0550. The number of nitrogens with one attached hydrogen (secondary N) is 1. The zero-order chi connectivity index (χ0) is 13.6. The first kappa shape index (κ1) is 14.6. The molecule has 102 valence electrons. The lowest BCUT2D eigenvalue weighted by Crippen LogP contribution is -2.11. The highest BCUT2D eigenvalue weighted by Gasteiger charge is 2.31. The normalized spacial score (nSPS) is 11.6. The number of hydrogen-bond acceptors (Lipinski definition) is 4. The van der Waals surface area contributed by atoms with Crippen molar-refractivity contribution in [2.75, 3.05) is 30.8 Å². The molecule has 0 aliphatic rings. The van der Waals surface area contributed by atoms with Crippen LogP contribution >= 0.6 is 0 Å². The van der Waals surface area contributed by atoms with Crippen molar-refractivity contribution >= 4 is 11.5 Å². The molecule has 0 aliphatic carbocycles. The van der Waals surface area contributed by atoms with E-state index in [1.165, 1.54) is 0 Å². The van der Waals surface area contributed by atoms with Crippen LogP contribution in [0.25, 0.3) is 0 Å². The third-order valence-electron chi connectivity index (χ3n) is 2.23. The summed E-state index contributed by atoms with van der Waals surface area (Å²) >= 11 is 0. The Labute approximate surface area is 103 Å². The molecule has 1 heterocycles. The van der Waals surface area contributed by atoms with Crippen molar-refractivity contribution in [3.8, 4) is 0 Å². The Morgan fingerprint density at radius 1 is 1.44 bits per heavy atom. The maximum Gasteiger partial charge on any atom is 0.417 e. The Balaban J connectivity index is 2.59. The minimum atomic E-state index is -4.41. The molecule has 0 aliphatic heterocycles. The van der Waals surface area contributed by atoms with Crippen LogP contribution in [0.4, 0.5) is 24.7 Å². The van der Waals surface area contributed by atoms with Gasteiger partial charge in [-0.1, -0.05) is 0 Å². The molecule has 1 aromatic rings. The monoisotopic (exact) mass is 263 g/mol. The van der Waals surface area contributed by atoms with E-state index in [1.807, 2.05) is 6.92 Å². The van der Waals surface area contributed by atoms with E-state index in [1.54, 1.807) is 0 Å². The van der Waals surface area contributed by atoms with Gasteiger partial charge in [-0.3, -0.25) is 0 Å². The van der Waals surface area contributed by atoms with E-state index in [0.29, 0.717) is 26.2 Å². The van der Waals surface area contributed by atoms with Gasteiger partial charge in [0.05, 0.1) is 11.3 Å². The van der Waals surface area contributed by atoms with Crippen LogP contribution in [-0.4, -0.2) is 24.7 Å². The van der Waals surface area contributed by atoms with Crippen LogP contribution in [0.1, 0.15) is 18.9 Å². The standard InChI is InChI=1S/C11H16F3N3O/c1-2-18-5-3-4-16-9-6-8(11(12,13)14)7-17-10(9)15/h6-7,16H,2-5H2,1H3,(H2,15,17). The van der Waals surface area contributed by atoms with E-state index in [4.69, 9.17) is 10.5 Å². The van der Waals surface area contributed by atoms with E-state index in [0.717, 1.165) is 12.3 Å². The number of nitrogens with two attached hydrogens (primary N) is 1. The van der Waals surface area contributed by atoms with E-state index in [-0.39, 0.29) is 11.5 Å². The molecule has 0 atom stereocenters. The number of ether oxygens (including phenoxy) is 1. The van der Waals surface area contributed by atoms with Crippen LogP contribution < -0.4 is 11.1 Å². The molecular weight excluding hydrogens is 247 g/mol. The third kappa shape index (κ3) is 4.40. The third-order valence-corrected chi connectivity index (χ3v) is 2.23. The zero-order valence-corrected chi connectivity index (χ0v) is 10.0. The van der Waals surface area contributed by atoms with Crippen LogP contribution in [0.3, 0.4) is 0 Å². The Morgan fingerprint density at radius 2 is 2.17 bits per heavy atom. The summed E-state index contributed by atoms with van der Waals surface area (Å²) in [6, 6.07) is 0.961. The number of hydrogen-bond donors (Lipinski definition) is 2. The number of anilines is 2. The van der Waals surface area contributed by atoms with E-state index in [9.17, 15) is 13.2 Å². The molecule has 1 rings (SSSR count). The molecular formula is C11H16F3N3O. The molecule has 0 saturated carbocycles. The van der Waals surface area contributed by atoms with Crippen LogP contribution in [0, 0.1) is 0 Å². The van der Waals surface area contributed by atoms with Crippen LogP contribution in [0.5, 0.6) is 0 Å². The Bertz CT molecular complexity index is 382. The fourth-order valence-electron chi connectivity index (χ4n) is 1.31. The van der Waals surface area contributed by atoms with Crippen molar-refractivity contribution in [1.29, 1.82) is 0 Å². The summed E-state index contributed by atoms with van der Waals surface area (Å²) in [5, 5.41) is 2.82. The van der Waals surface area contributed by atoms with Gasteiger partial charge in [0.1, 0.15) is 5.82 Å². The first-order valence-corrected chi connectivity index (χ1v) is 5.59. The van der Waals surface area contributed by atoms with Gasteiger partial charge >= 0.3 is 6.18 Å². The maximum atomic E-state index is 12.5. The molecule has 1 aromatic heterocycles. The van der Waals surface area contributed by atoms with Crippen molar-refractivity contribution in [3.63, 3.8) is 0 Å². The summed E-state index contributed by atoms with van der Waals surface area (Å²) in [6.07, 6.45) is -3.01. The summed E-state index contributed by atoms with van der Waals surface area (Å²) in [6.45, 7) is 3.53. The van der Waals surface area contributed by atoms with Crippen LogP contribution in [0.15, 0.2) is 12.3 Å². The number of alkyl halides is 3. The highest BCUT2D eigenvalue weighted by atomic mass is 19.4. The molecule has 0 aromatic carbocycles. The van der Waals surface area contributed by atoms with Gasteiger partial charge in [0.25, 0.3) is 0 Å². The summed E-state index contributed by atoms with van der Waals surface area (Å²) in [4.78, 5) is 3.52. The number of rotatable bonds is 6. The van der Waals surface area contributed by atoms with Crippen molar-refractivity contribution in [2.24, 2.45) is 0 Å². The van der Waals surface area contributed by atoms with Crippen molar-refractivity contribution in [3.05, 3.63) is 17.8 Å². The number of halogens is 3. The van der Waals surface area contributed by atoms with Crippen molar-refractivity contribution < 1.29 is 17.9 Å². The van der Waals surface area contributed by atoms with E-state index >= 15 is 0 Å². The van der Waals surface area contributed by atoms with Gasteiger partial charge < -0.3 is 15.8 Å². The summed E-state index contributed by atoms with van der Waals surface area (Å²) in [5.41, 5.74) is 4.88. The molecule has 0 unspecified atom stereocenters. The predicted octanol–water partition coefficient (Wildman–Crippen LogP) is 2.52. The van der Waals surface area contributed by atoms with Gasteiger partial charge in [-0.25, -0.2) is 4.98 Å². The highest BCUT2D eigenvalue weighted by molar-refractivity contribution is 5.62. The molecule has 0 spiro atoms. The quantitative estimate of drug-likeness (QED) is 0.774. The van der Waals surface area contributed by atoms with Gasteiger partial charge in [-0.2, -0.15) is 13.2 Å². The molecule has 4 nitrogen and oxygen atoms in total. The number of pyridine rings is 1. The van der Waals surface area contributed by atoms with Crippen LogP contribution in [-0.2, 0) is 10.9 Å². The van der Waals surface area contributed by atoms with Gasteiger partial charge in [-0.05, 0) is 19.4 Å². The minimum Gasteiger partial charge on any atom is -0.382 e. The Hall–Kier alpha value is -1.50. The molecule has 3 N–H and O–H groups in total. The molecule has 0 saturated heterocycles. The summed E-state index contributed by atoms with van der Waals surface area (Å²) < 4.78 is 42.5. The largest absolute Gasteiger partial charge is 0.417 e. The summed E-state index contributed by atoms with van der Waals surface area (Å²) in [7, 11) is 0. The number of aromatic nitrogens is 1. The van der Waals surface area contributed by atoms with Gasteiger partial charge in [0.15, 0.2) is 0 Å². The van der Waals surface area contributed by atoms with E-state index in [2.05, 4.69) is 10.3 Å². The van der Waals surface area contributed by atoms with Crippen LogP contribution in [0.2, 0.25) is 0 Å². The van der Waals surface area contributed by atoms with Gasteiger partial charge in [0, 0.05) is 26.0 Å². The van der Waals surface area contributed by atoms with Gasteiger partial charge in [0.2, 0.25) is 0 Å². The summed E-state index contributed by atoms with van der Waals surface area (Å²) in [5.74, 6) is 0.0550. The van der Waals surface area contributed by atoms with E-state index < -0.39 is 11.7 Å². The lowest BCUT2D eigenvalue weighted by atomic mass is 10.2. The maximum absolute atomic E-state index is 12.5. The first-order chi connectivity index (χ1) is 8.45. The SMILES string of the molecule is CCOCCCNc1cc(C(F)(F)F)cnc1N. The zero-order valence-electron chi connectivity index (χ0n) is 10.0. The number of nitrogens with zero attached hydrogens (tertiary/aromatic N) is 1. The predicted molar refractivity (Wildman–Crippen MR) is 63.3 cm³/mol. The average Bonchev–Trinajstić information content (AvgIpc) is 2.29. The Kier molecular flexibility index (Phi) is 5.21. The molecule has 7 heteroatoms. The molecule has 0 bridgehead atoms. The van der Waals surface area contributed by atoms with Crippen molar-refractivity contribution in [1.82, 2.24) is 4.98 Å². The average molecular weight is 263 g/mol. The highest BCUT2D eigenvalue weighted by Crippen LogP contribution is 2.31. The topological polar surface area (TPSA) is 60.2 Å². The van der Waals surface area contributed by atoms with Gasteiger partial charge in [-0.15, -0.1) is 0 Å². The fraction of sp³-hybridized carbons (Fsp3) is 0.545. The first-order valence-electron chi connectivity index (χ1n) is 5.59. The molecule has 0 fully saturated rings. The second-order valence-electron chi connectivity index (χ2n) is 3.63. The lowest BCUT2D eigenvalue weighted by molar-refractivity contribution is -0.137. The fourth-order valence-corrected chi connectivity index (χ4v) is 1.31. The number of nitrogen functional groups attached to an aromatic ring is 1. The molecule has 18 heavy (non-hydrogen) atoms. The lowest BCUT2D eigenvalue weighted by Gasteiger charge is -2.12. The smallest absolute Gasteiger partial charge is 0.382 e. The second-order valence-corrected chi connectivity index (χ2v) is 3.63. The second kappa shape index (κ2) is 6.44. The molecule has 0 amide bonds. The Morgan fingerprint density at radius 3 is 2.78 bits per heavy atom.